The molecule has 0 saturated carbocycles. The van der Waals surface area contributed by atoms with Gasteiger partial charge in [0.25, 0.3) is 0 Å². The topological polar surface area (TPSA) is 72.8 Å². The highest BCUT2D eigenvalue weighted by molar-refractivity contribution is 5.83. The van der Waals surface area contributed by atoms with Gasteiger partial charge < -0.3 is 14.6 Å². The fourth-order valence-electron chi connectivity index (χ4n) is 0.834. The molecule has 0 heterocycles. The van der Waals surface area contributed by atoms with Crippen LogP contribution in [0.3, 0.4) is 0 Å². The molecule has 0 aliphatic heterocycles. The minimum absolute atomic E-state index is 0.172. The fourth-order valence-corrected chi connectivity index (χ4v) is 0.834. The Morgan fingerprint density at radius 1 is 1.14 bits per heavy atom. The zero-order valence-electron chi connectivity index (χ0n) is 8.65. The van der Waals surface area contributed by atoms with Crippen LogP contribution in [0.4, 0.5) is 0 Å². The zero-order valence-corrected chi connectivity index (χ0v) is 8.65. The van der Waals surface area contributed by atoms with Crippen LogP contribution in [0.15, 0.2) is 0 Å². The van der Waals surface area contributed by atoms with Crippen molar-refractivity contribution in [2.45, 2.75) is 26.9 Å². The van der Waals surface area contributed by atoms with Gasteiger partial charge >= 0.3 is 11.9 Å². The highest BCUT2D eigenvalue weighted by atomic mass is 16.6. The summed E-state index contributed by atoms with van der Waals surface area (Å²) in [6.07, 6.45) is -1.45. The van der Waals surface area contributed by atoms with Gasteiger partial charge in [-0.2, -0.15) is 0 Å². The van der Waals surface area contributed by atoms with E-state index in [0.29, 0.717) is 0 Å². The molecule has 0 aromatic rings. The van der Waals surface area contributed by atoms with Crippen LogP contribution in [0, 0.1) is 5.92 Å². The summed E-state index contributed by atoms with van der Waals surface area (Å²) < 4.78 is 9.20. The van der Waals surface area contributed by atoms with Gasteiger partial charge in [-0.25, -0.2) is 4.79 Å². The van der Waals surface area contributed by atoms with Crippen molar-refractivity contribution < 1.29 is 24.2 Å². The molecule has 0 aromatic heterocycles. The van der Waals surface area contributed by atoms with Crippen LogP contribution in [0.1, 0.15) is 20.8 Å². The minimum atomic E-state index is -1.45. The first-order valence-corrected chi connectivity index (χ1v) is 4.55. The van der Waals surface area contributed by atoms with Crippen molar-refractivity contribution in [3.63, 3.8) is 0 Å². The number of ether oxygens (including phenoxy) is 2. The first-order chi connectivity index (χ1) is 6.54. The summed E-state index contributed by atoms with van der Waals surface area (Å²) in [4.78, 5) is 22.1. The van der Waals surface area contributed by atoms with E-state index < -0.39 is 24.0 Å². The van der Waals surface area contributed by atoms with Crippen molar-refractivity contribution in [2.75, 3.05) is 13.2 Å². The van der Waals surface area contributed by atoms with Gasteiger partial charge in [0.1, 0.15) is 0 Å². The maximum absolute atomic E-state index is 11.1. The van der Waals surface area contributed by atoms with Crippen LogP contribution in [0.25, 0.3) is 0 Å². The zero-order chi connectivity index (χ0) is 11.1. The predicted molar refractivity (Wildman–Crippen MR) is 48.4 cm³/mol. The molecule has 0 aliphatic carbocycles. The quantitative estimate of drug-likeness (QED) is 0.643. The Kier molecular flexibility index (Phi) is 5.87. The van der Waals surface area contributed by atoms with E-state index in [1.807, 2.05) is 0 Å². The lowest BCUT2D eigenvalue weighted by Gasteiger charge is -2.15. The Morgan fingerprint density at radius 3 is 2.00 bits per heavy atom. The van der Waals surface area contributed by atoms with E-state index >= 15 is 0 Å². The number of rotatable bonds is 5. The Morgan fingerprint density at radius 2 is 1.57 bits per heavy atom. The third-order valence-corrected chi connectivity index (χ3v) is 1.66. The molecule has 0 aliphatic rings. The molecule has 0 bridgehead atoms. The van der Waals surface area contributed by atoms with Gasteiger partial charge in [0.2, 0.25) is 0 Å². The minimum Gasteiger partial charge on any atom is -0.466 e. The molecule has 0 spiro atoms. The summed E-state index contributed by atoms with van der Waals surface area (Å²) in [5.74, 6) is -2.30. The molecule has 0 radical (unpaired) electrons. The molecular formula is C9H16O5. The largest absolute Gasteiger partial charge is 0.466 e. The monoisotopic (exact) mass is 204 g/mol. The lowest BCUT2D eigenvalue weighted by molar-refractivity contribution is -0.165. The molecule has 0 amide bonds. The normalized spacial score (nSPS) is 14.3. The number of aliphatic hydroxyl groups excluding tert-OH is 1. The molecule has 2 atom stereocenters. The van der Waals surface area contributed by atoms with Crippen molar-refractivity contribution in [1.29, 1.82) is 0 Å². The highest BCUT2D eigenvalue weighted by Crippen LogP contribution is 2.07. The number of carbonyl (C=O) groups excluding carboxylic acids is 2. The number of carbonyl (C=O) groups is 2. The van der Waals surface area contributed by atoms with Crippen molar-refractivity contribution >= 4 is 11.9 Å². The van der Waals surface area contributed by atoms with Crippen molar-refractivity contribution in [2.24, 2.45) is 5.92 Å². The van der Waals surface area contributed by atoms with Crippen LogP contribution in [0.5, 0.6) is 0 Å². The maximum Gasteiger partial charge on any atom is 0.335 e. The summed E-state index contributed by atoms with van der Waals surface area (Å²) in [5.41, 5.74) is 0. The Hall–Kier alpha value is -1.10. The standard InChI is InChI=1S/C9H16O5/c1-4-13-8(11)6(3)7(10)9(12)14-5-2/h6-7,10H,4-5H2,1-3H3/t6-,7+/m1/s1. The van der Waals surface area contributed by atoms with Crippen LogP contribution in [0.2, 0.25) is 0 Å². The first kappa shape index (κ1) is 12.9. The number of esters is 2. The molecule has 0 saturated heterocycles. The molecule has 0 fully saturated rings. The van der Waals surface area contributed by atoms with E-state index in [1.165, 1.54) is 6.92 Å². The van der Waals surface area contributed by atoms with Gasteiger partial charge in [-0.05, 0) is 20.8 Å². The van der Waals surface area contributed by atoms with Crippen molar-refractivity contribution in [1.82, 2.24) is 0 Å². The van der Waals surface area contributed by atoms with Crippen LogP contribution in [-0.4, -0.2) is 36.4 Å². The number of hydrogen-bond acceptors (Lipinski definition) is 5. The number of hydrogen-bond donors (Lipinski definition) is 1. The highest BCUT2D eigenvalue weighted by Gasteiger charge is 2.30. The Labute approximate surface area is 83.0 Å². The van der Waals surface area contributed by atoms with Gasteiger partial charge in [-0.1, -0.05) is 0 Å². The Balaban J connectivity index is 4.16. The van der Waals surface area contributed by atoms with Gasteiger partial charge in [0.15, 0.2) is 6.10 Å². The smallest absolute Gasteiger partial charge is 0.335 e. The van der Waals surface area contributed by atoms with E-state index in [1.54, 1.807) is 13.8 Å². The van der Waals surface area contributed by atoms with Gasteiger partial charge in [-0.3, -0.25) is 4.79 Å². The first-order valence-electron chi connectivity index (χ1n) is 4.55. The van der Waals surface area contributed by atoms with Gasteiger partial charge in [-0.15, -0.1) is 0 Å². The van der Waals surface area contributed by atoms with E-state index in [2.05, 4.69) is 9.47 Å². The summed E-state index contributed by atoms with van der Waals surface area (Å²) in [5, 5.41) is 9.34. The lowest BCUT2D eigenvalue weighted by atomic mass is 10.1. The fraction of sp³-hybridized carbons (Fsp3) is 0.778. The van der Waals surface area contributed by atoms with Gasteiger partial charge in [0, 0.05) is 0 Å². The van der Waals surface area contributed by atoms with E-state index in [-0.39, 0.29) is 13.2 Å². The molecule has 1 N–H and O–H groups in total. The molecule has 0 rings (SSSR count). The van der Waals surface area contributed by atoms with E-state index in [0.717, 1.165) is 0 Å². The molecule has 0 unspecified atom stereocenters. The average Bonchev–Trinajstić information content (AvgIpc) is 2.16. The van der Waals surface area contributed by atoms with Crippen LogP contribution in [-0.2, 0) is 19.1 Å². The SMILES string of the molecule is CCOC(=O)[C@@H](O)[C@@H](C)C(=O)OCC. The second-order valence-electron chi connectivity index (χ2n) is 2.74. The second kappa shape index (κ2) is 6.37. The van der Waals surface area contributed by atoms with Crippen LogP contribution >= 0.6 is 0 Å². The summed E-state index contributed by atoms with van der Waals surface area (Å²) in [6, 6.07) is 0. The second-order valence-corrected chi connectivity index (χ2v) is 2.74. The average molecular weight is 204 g/mol. The maximum atomic E-state index is 11.1. The lowest BCUT2D eigenvalue weighted by Crippen LogP contribution is -2.35. The van der Waals surface area contributed by atoms with Crippen molar-refractivity contribution in [3.05, 3.63) is 0 Å². The van der Waals surface area contributed by atoms with Crippen LogP contribution < -0.4 is 0 Å². The molecular weight excluding hydrogens is 188 g/mol. The van der Waals surface area contributed by atoms with E-state index in [9.17, 15) is 14.7 Å². The molecule has 5 heteroatoms. The third-order valence-electron chi connectivity index (χ3n) is 1.66. The summed E-state index contributed by atoms with van der Waals surface area (Å²) in [6.45, 7) is 5.09. The van der Waals surface area contributed by atoms with Gasteiger partial charge in [0.05, 0.1) is 19.1 Å². The molecule has 0 aromatic carbocycles. The Bertz CT molecular complexity index is 179. The van der Waals surface area contributed by atoms with Crippen molar-refractivity contribution in [3.8, 4) is 0 Å². The molecule has 14 heavy (non-hydrogen) atoms. The molecule has 5 nitrogen and oxygen atoms in total. The third kappa shape index (κ3) is 3.74. The summed E-state index contributed by atoms with van der Waals surface area (Å²) >= 11 is 0. The summed E-state index contributed by atoms with van der Waals surface area (Å²) in [7, 11) is 0. The predicted octanol–water partition coefficient (Wildman–Crippen LogP) is 0.110. The van der Waals surface area contributed by atoms with E-state index in [4.69, 9.17) is 0 Å². The molecule has 82 valence electrons. The number of aliphatic hydroxyl groups is 1.